The van der Waals surface area contributed by atoms with Crippen LogP contribution in [0.4, 0.5) is 4.79 Å². The fourth-order valence-corrected chi connectivity index (χ4v) is 2.45. The van der Waals surface area contributed by atoms with E-state index in [1.54, 1.807) is 31.4 Å². The van der Waals surface area contributed by atoms with Gasteiger partial charge in [0.2, 0.25) is 11.8 Å². The van der Waals surface area contributed by atoms with E-state index in [0.717, 1.165) is 16.2 Å². The van der Waals surface area contributed by atoms with E-state index in [2.05, 4.69) is 15.5 Å². The van der Waals surface area contributed by atoms with Crippen LogP contribution in [0.3, 0.4) is 0 Å². The highest BCUT2D eigenvalue weighted by Crippen LogP contribution is 2.22. The van der Waals surface area contributed by atoms with Crippen molar-refractivity contribution in [2.45, 2.75) is 26.4 Å². The number of carbonyl (C=O) groups excluding carboxylic acids is 2. The van der Waals surface area contributed by atoms with Gasteiger partial charge in [0, 0.05) is 5.56 Å². The largest absolute Gasteiger partial charge is 0.497 e. The Morgan fingerprint density at radius 3 is 2.54 bits per heavy atom. The SMILES string of the molecule is COc1ccc(-c2nnc(CN3C(=O)NC(C(C)C)C3=O)o2)cc1. The van der Waals surface area contributed by atoms with Crippen molar-refractivity contribution in [2.24, 2.45) is 5.92 Å². The number of imide groups is 1. The minimum absolute atomic E-state index is 0.0176. The van der Waals surface area contributed by atoms with Crippen molar-refractivity contribution in [1.29, 1.82) is 0 Å². The summed E-state index contributed by atoms with van der Waals surface area (Å²) in [6, 6.07) is 6.19. The maximum absolute atomic E-state index is 12.2. The van der Waals surface area contributed by atoms with Crippen LogP contribution < -0.4 is 10.1 Å². The van der Waals surface area contributed by atoms with Gasteiger partial charge in [-0.1, -0.05) is 13.8 Å². The molecular formula is C16H18N4O4. The van der Waals surface area contributed by atoms with Gasteiger partial charge in [-0.2, -0.15) is 0 Å². The van der Waals surface area contributed by atoms with Crippen LogP contribution in [-0.2, 0) is 11.3 Å². The molecule has 1 saturated heterocycles. The zero-order valence-electron chi connectivity index (χ0n) is 13.6. The molecule has 1 aliphatic heterocycles. The molecule has 8 heteroatoms. The van der Waals surface area contributed by atoms with Gasteiger partial charge in [-0.25, -0.2) is 4.79 Å². The number of ether oxygens (including phenoxy) is 1. The molecule has 0 bridgehead atoms. The lowest BCUT2D eigenvalue weighted by atomic mass is 10.1. The minimum Gasteiger partial charge on any atom is -0.497 e. The average molecular weight is 330 g/mol. The number of nitrogens with one attached hydrogen (secondary N) is 1. The molecule has 2 aromatic rings. The number of aromatic nitrogens is 2. The summed E-state index contributed by atoms with van der Waals surface area (Å²) < 4.78 is 10.7. The van der Waals surface area contributed by atoms with Gasteiger partial charge >= 0.3 is 6.03 Å². The Kier molecular flexibility index (Phi) is 4.20. The Hall–Kier alpha value is -2.90. The molecule has 0 spiro atoms. The summed E-state index contributed by atoms with van der Waals surface area (Å²) in [7, 11) is 1.59. The molecule has 24 heavy (non-hydrogen) atoms. The quantitative estimate of drug-likeness (QED) is 0.840. The van der Waals surface area contributed by atoms with Crippen molar-refractivity contribution >= 4 is 11.9 Å². The molecule has 1 aromatic heterocycles. The molecule has 1 unspecified atom stereocenters. The molecular weight excluding hydrogens is 312 g/mol. The van der Waals surface area contributed by atoms with Crippen LogP contribution in [0.1, 0.15) is 19.7 Å². The first-order valence-corrected chi connectivity index (χ1v) is 7.58. The Balaban J connectivity index is 1.74. The van der Waals surface area contributed by atoms with E-state index >= 15 is 0 Å². The van der Waals surface area contributed by atoms with Crippen molar-refractivity contribution in [3.63, 3.8) is 0 Å². The second-order valence-corrected chi connectivity index (χ2v) is 5.83. The van der Waals surface area contributed by atoms with E-state index in [0.29, 0.717) is 5.89 Å². The third-order valence-corrected chi connectivity index (χ3v) is 3.82. The summed E-state index contributed by atoms with van der Waals surface area (Å²) >= 11 is 0. The predicted octanol–water partition coefficient (Wildman–Crippen LogP) is 1.82. The van der Waals surface area contributed by atoms with Crippen LogP contribution in [0.5, 0.6) is 5.75 Å². The molecule has 8 nitrogen and oxygen atoms in total. The molecule has 2 heterocycles. The normalized spacial score (nSPS) is 17.5. The standard InChI is InChI=1S/C16H18N4O4/c1-9(2)13-15(21)20(16(22)17-13)8-12-18-19-14(24-12)10-4-6-11(23-3)7-5-10/h4-7,9,13H,8H2,1-3H3,(H,17,22). The lowest BCUT2D eigenvalue weighted by Gasteiger charge is -2.12. The number of benzene rings is 1. The Morgan fingerprint density at radius 1 is 1.25 bits per heavy atom. The van der Waals surface area contributed by atoms with Crippen molar-refractivity contribution in [3.05, 3.63) is 30.2 Å². The van der Waals surface area contributed by atoms with Gasteiger partial charge in [0.15, 0.2) is 0 Å². The number of urea groups is 1. The zero-order chi connectivity index (χ0) is 17.3. The molecule has 1 aliphatic rings. The third kappa shape index (κ3) is 2.94. The number of amides is 3. The highest BCUT2D eigenvalue weighted by molar-refractivity contribution is 6.04. The van der Waals surface area contributed by atoms with Crippen molar-refractivity contribution in [2.75, 3.05) is 7.11 Å². The van der Waals surface area contributed by atoms with E-state index in [1.165, 1.54) is 0 Å². The second-order valence-electron chi connectivity index (χ2n) is 5.83. The van der Waals surface area contributed by atoms with E-state index in [1.807, 2.05) is 13.8 Å². The summed E-state index contributed by atoms with van der Waals surface area (Å²) in [6.45, 7) is 3.71. The smallest absolute Gasteiger partial charge is 0.325 e. The highest BCUT2D eigenvalue weighted by atomic mass is 16.5. The van der Waals surface area contributed by atoms with E-state index in [-0.39, 0.29) is 24.3 Å². The van der Waals surface area contributed by atoms with E-state index < -0.39 is 12.1 Å². The third-order valence-electron chi connectivity index (χ3n) is 3.82. The molecule has 1 aromatic carbocycles. The van der Waals surface area contributed by atoms with Crippen LogP contribution in [0.2, 0.25) is 0 Å². The molecule has 3 amide bonds. The summed E-state index contributed by atoms with van der Waals surface area (Å²) in [6.07, 6.45) is 0. The van der Waals surface area contributed by atoms with Crippen LogP contribution in [0.15, 0.2) is 28.7 Å². The van der Waals surface area contributed by atoms with Gasteiger partial charge in [0.1, 0.15) is 18.3 Å². The number of hydrogen-bond acceptors (Lipinski definition) is 6. The highest BCUT2D eigenvalue weighted by Gasteiger charge is 2.40. The van der Waals surface area contributed by atoms with Crippen molar-refractivity contribution < 1.29 is 18.7 Å². The number of rotatable bonds is 5. The van der Waals surface area contributed by atoms with Gasteiger partial charge in [-0.3, -0.25) is 9.69 Å². The second kappa shape index (κ2) is 6.31. The topological polar surface area (TPSA) is 97.6 Å². The Morgan fingerprint density at radius 2 is 1.96 bits per heavy atom. The Labute approximate surface area is 138 Å². The molecule has 1 atom stereocenters. The summed E-state index contributed by atoms with van der Waals surface area (Å²) in [5.74, 6) is 0.981. The molecule has 0 aliphatic carbocycles. The van der Waals surface area contributed by atoms with Crippen molar-refractivity contribution in [3.8, 4) is 17.2 Å². The maximum atomic E-state index is 12.2. The first-order valence-electron chi connectivity index (χ1n) is 7.58. The number of hydrogen-bond donors (Lipinski definition) is 1. The van der Waals surface area contributed by atoms with Crippen LogP contribution in [0, 0.1) is 5.92 Å². The fourth-order valence-electron chi connectivity index (χ4n) is 2.45. The van der Waals surface area contributed by atoms with Gasteiger partial charge in [0.25, 0.3) is 5.91 Å². The number of carbonyl (C=O) groups is 2. The van der Waals surface area contributed by atoms with Crippen LogP contribution >= 0.6 is 0 Å². The minimum atomic E-state index is -0.513. The molecule has 0 saturated carbocycles. The summed E-state index contributed by atoms with van der Waals surface area (Å²) in [5.41, 5.74) is 0.729. The molecule has 1 N–H and O–H groups in total. The van der Waals surface area contributed by atoms with E-state index in [4.69, 9.17) is 9.15 Å². The van der Waals surface area contributed by atoms with Gasteiger partial charge in [-0.05, 0) is 30.2 Å². The van der Waals surface area contributed by atoms with Gasteiger partial charge < -0.3 is 14.5 Å². The fraction of sp³-hybridized carbons (Fsp3) is 0.375. The van der Waals surface area contributed by atoms with E-state index in [9.17, 15) is 9.59 Å². The Bertz CT molecular complexity index is 754. The predicted molar refractivity (Wildman–Crippen MR) is 84.0 cm³/mol. The lowest BCUT2D eigenvalue weighted by molar-refractivity contribution is -0.128. The zero-order valence-corrected chi connectivity index (χ0v) is 13.6. The molecule has 0 radical (unpaired) electrons. The first-order chi connectivity index (χ1) is 11.5. The number of nitrogens with zero attached hydrogens (tertiary/aromatic N) is 3. The molecule has 3 rings (SSSR count). The van der Waals surface area contributed by atoms with Crippen LogP contribution in [-0.4, -0.2) is 40.2 Å². The molecule has 1 fully saturated rings. The maximum Gasteiger partial charge on any atom is 0.325 e. The van der Waals surface area contributed by atoms with Crippen LogP contribution in [0.25, 0.3) is 11.5 Å². The summed E-state index contributed by atoms with van der Waals surface area (Å²) in [4.78, 5) is 25.3. The molecule has 126 valence electrons. The summed E-state index contributed by atoms with van der Waals surface area (Å²) in [5, 5.41) is 10.5. The monoisotopic (exact) mass is 330 g/mol. The first kappa shape index (κ1) is 16.0. The van der Waals surface area contributed by atoms with Gasteiger partial charge in [0.05, 0.1) is 7.11 Å². The average Bonchev–Trinajstić information content (AvgIpc) is 3.15. The lowest BCUT2D eigenvalue weighted by Crippen LogP contribution is -2.34. The number of methoxy groups -OCH3 is 1. The van der Waals surface area contributed by atoms with Gasteiger partial charge in [-0.15, -0.1) is 10.2 Å². The van der Waals surface area contributed by atoms with Crippen molar-refractivity contribution in [1.82, 2.24) is 20.4 Å².